The summed E-state index contributed by atoms with van der Waals surface area (Å²) in [6.07, 6.45) is 2.64. The topological polar surface area (TPSA) is 98.5 Å². The first-order valence-electron chi connectivity index (χ1n) is 6.89. The van der Waals surface area contributed by atoms with E-state index in [1.165, 1.54) is 19.2 Å². The second-order valence-electron chi connectivity index (χ2n) is 5.14. The molecule has 2 atom stereocenters. The van der Waals surface area contributed by atoms with Crippen LogP contribution in [0.4, 0.5) is 0 Å². The van der Waals surface area contributed by atoms with Gasteiger partial charge in [-0.3, -0.25) is 0 Å². The maximum Gasteiger partial charge on any atom is 0.339 e. The van der Waals surface area contributed by atoms with Crippen LogP contribution in [0, 0.1) is 5.92 Å². The third kappa shape index (κ3) is 3.42. The number of carbonyl (C=O) groups excluding carboxylic acids is 1. The summed E-state index contributed by atoms with van der Waals surface area (Å²) in [5.74, 6) is -0.525. The Morgan fingerprint density at radius 1 is 1.38 bits per heavy atom. The van der Waals surface area contributed by atoms with Crippen LogP contribution in [-0.2, 0) is 14.8 Å². The zero-order valence-corrected chi connectivity index (χ0v) is 12.7. The molecule has 7 heteroatoms. The molecular weight excluding hydrogens is 292 g/mol. The van der Waals surface area contributed by atoms with Crippen molar-refractivity contribution in [3.05, 3.63) is 29.8 Å². The molecule has 1 aliphatic carbocycles. The first-order valence-corrected chi connectivity index (χ1v) is 8.37. The van der Waals surface area contributed by atoms with Crippen LogP contribution in [0.25, 0.3) is 0 Å². The van der Waals surface area contributed by atoms with Crippen molar-refractivity contribution in [1.29, 1.82) is 0 Å². The van der Waals surface area contributed by atoms with Crippen molar-refractivity contribution in [1.82, 2.24) is 4.72 Å². The standard InChI is InChI=1S/C14H20N2O4S/c1-20-14(17)11-6-2-3-8-13(11)21(18,19)16-12-7-4-5-10(12)9-15/h2-3,6,8,10,12,16H,4-5,7,9,15H2,1H3. The van der Waals surface area contributed by atoms with Crippen LogP contribution in [0.15, 0.2) is 29.2 Å². The van der Waals surface area contributed by atoms with E-state index in [9.17, 15) is 13.2 Å². The highest BCUT2D eigenvalue weighted by Gasteiger charge is 2.32. The highest BCUT2D eigenvalue weighted by Crippen LogP contribution is 2.27. The van der Waals surface area contributed by atoms with E-state index in [1.54, 1.807) is 12.1 Å². The van der Waals surface area contributed by atoms with E-state index in [0.717, 1.165) is 19.3 Å². The Bertz CT molecular complexity index is 615. The fraction of sp³-hybridized carbons (Fsp3) is 0.500. The fourth-order valence-electron chi connectivity index (χ4n) is 2.72. The molecule has 0 saturated heterocycles. The van der Waals surface area contributed by atoms with Crippen molar-refractivity contribution in [3.63, 3.8) is 0 Å². The van der Waals surface area contributed by atoms with E-state index in [2.05, 4.69) is 9.46 Å². The average molecular weight is 312 g/mol. The Kier molecular flexibility index (Phi) is 4.97. The lowest BCUT2D eigenvalue weighted by molar-refractivity contribution is 0.0596. The zero-order valence-electron chi connectivity index (χ0n) is 11.9. The van der Waals surface area contributed by atoms with Crippen molar-refractivity contribution in [3.8, 4) is 0 Å². The summed E-state index contributed by atoms with van der Waals surface area (Å²) in [5.41, 5.74) is 5.71. The smallest absolute Gasteiger partial charge is 0.339 e. The second kappa shape index (κ2) is 6.55. The molecule has 1 fully saturated rings. The number of methoxy groups -OCH3 is 1. The normalized spacial score (nSPS) is 22.2. The highest BCUT2D eigenvalue weighted by atomic mass is 32.2. The summed E-state index contributed by atoms with van der Waals surface area (Å²) >= 11 is 0. The van der Waals surface area contributed by atoms with Crippen molar-refractivity contribution in [2.45, 2.75) is 30.2 Å². The molecule has 1 aliphatic rings. The predicted octanol–water partition coefficient (Wildman–Crippen LogP) is 0.879. The first kappa shape index (κ1) is 15.9. The van der Waals surface area contributed by atoms with Crippen LogP contribution in [0.3, 0.4) is 0 Å². The lowest BCUT2D eigenvalue weighted by atomic mass is 10.1. The van der Waals surface area contributed by atoms with Gasteiger partial charge in [0.2, 0.25) is 10.0 Å². The molecule has 0 radical (unpaired) electrons. The van der Waals surface area contributed by atoms with Gasteiger partial charge in [-0.1, -0.05) is 18.6 Å². The molecule has 6 nitrogen and oxygen atoms in total. The van der Waals surface area contributed by atoms with Crippen LogP contribution in [0.5, 0.6) is 0 Å². The number of nitrogens with two attached hydrogens (primary N) is 1. The number of nitrogens with one attached hydrogen (secondary N) is 1. The van der Waals surface area contributed by atoms with Gasteiger partial charge < -0.3 is 10.5 Å². The summed E-state index contributed by atoms with van der Waals surface area (Å²) in [6.45, 7) is 0.450. The molecule has 2 rings (SSSR count). The number of benzene rings is 1. The summed E-state index contributed by atoms with van der Waals surface area (Å²) in [4.78, 5) is 11.6. The van der Waals surface area contributed by atoms with Crippen LogP contribution >= 0.6 is 0 Å². The molecule has 0 spiro atoms. The molecule has 1 saturated carbocycles. The summed E-state index contributed by atoms with van der Waals surface area (Å²) in [6, 6.07) is 5.85. The largest absolute Gasteiger partial charge is 0.465 e. The lowest BCUT2D eigenvalue weighted by Crippen LogP contribution is -2.40. The van der Waals surface area contributed by atoms with Gasteiger partial charge in [-0.15, -0.1) is 0 Å². The van der Waals surface area contributed by atoms with Crippen LogP contribution in [0.1, 0.15) is 29.6 Å². The number of rotatable bonds is 5. The Hall–Kier alpha value is -1.44. The van der Waals surface area contributed by atoms with Crippen LogP contribution < -0.4 is 10.5 Å². The van der Waals surface area contributed by atoms with Crippen molar-refractivity contribution < 1.29 is 17.9 Å². The van der Waals surface area contributed by atoms with E-state index in [4.69, 9.17) is 5.73 Å². The zero-order chi connectivity index (χ0) is 15.5. The van der Waals surface area contributed by atoms with E-state index >= 15 is 0 Å². The van der Waals surface area contributed by atoms with Gasteiger partial charge in [0.05, 0.1) is 17.6 Å². The molecule has 21 heavy (non-hydrogen) atoms. The molecule has 0 heterocycles. The molecule has 0 bridgehead atoms. The number of sulfonamides is 1. The molecule has 1 aromatic carbocycles. The number of ether oxygens (including phenoxy) is 1. The van der Waals surface area contributed by atoms with Crippen molar-refractivity contribution >= 4 is 16.0 Å². The first-order chi connectivity index (χ1) is 9.99. The molecule has 0 aromatic heterocycles. The summed E-state index contributed by atoms with van der Waals surface area (Å²) in [5, 5.41) is 0. The highest BCUT2D eigenvalue weighted by molar-refractivity contribution is 7.89. The number of hydrogen-bond acceptors (Lipinski definition) is 5. The van der Waals surface area contributed by atoms with E-state index in [1.807, 2.05) is 0 Å². The Labute approximate surface area is 124 Å². The van der Waals surface area contributed by atoms with Gasteiger partial charge in [0, 0.05) is 6.04 Å². The van der Waals surface area contributed by atoms with Gasteiger partial charge in [-0.05, 0) is 37.4 Å². The summed E-state index contributed by atoms with van der Waals surface area (Å²) in [7, 11) is -2.56. The van der Waals surface area contributed by atoms with Crippen LogP contribution in [0.2, 0.25) is 0 Å². The number of esters is 1. The Morgan fingerprint density at radius 2 is 2.10 bits per heavy atom. The Balaban J connectivity index is 2.30. The van der Waals surface area contributed by atoms with Gasteiger partial charge in [0.15, 0.2) is 0 Å². The molecule has 3 N–H and O–H groups in total. The maximum atomic E-state index is 12.5. The third-order valence-corrected chi connectivity index (χ3v) is 5.40. The summed E-state index contributed by atoms with van der Waals surface area (Å²) < 4.78 is 32.4. The van der Waals surface area contributed by atoms with E-state index in [-0.39, 0.29) is 22.4 Å². The fourth-order valence-corrected chi connectivity index (χ4v) is 4.25. The van der Waals surface area contributed by atoms with Crippen molar-refractivity contribution in [2.75, 3.05) is 13.7 Å². The predicted molar refractivity (Wildman–Crippen MR) is 78.3 cm³/mol. The molecule has 2 unspecified atom stereocenters. The monoisotopic (exact) mass is 312 g/mol. The molecule has 0 aliphatic heterocycles. The minimum absolute atomic E-state index is 0.0368. The minimum atomic E-state index is -3.78. The van der Waals surface area contributed by atoms with Gasteiger partial charge in [0.25, 0.3) is 0 Å². The van der Waals surface area contributed by atoms with Gasteiger partial charge in [0.1, 0.15) is 0 Å². The lowest BCUT2D eigenvalue weighted by Gasteiger charge is -2.20. The maximum absolute atomic E-state index is 12.5. The molecular formula is C14H20N2O4S. The van der Waals surface area contributed by atoms with E-state index < -0.39 is 16.0 Å². The number of hydrogen-bond donors (Lipinski definition) is 2. The van der Waals surface area contributed by atoms with Crippen molar-refractivity contribution in [2.24, 2.45) is 11.7 Å². The minimum Gasteiger partial charge on any atom is -0.465 e. The van der Waals surface area contributed by atoms with E-state index in [0.29, 0.717) is 6.54 Å². The number of carbonyl (C=O) groups is 1. The Morgan fingerprint density at radius 3 is 2.76 bits per heavy atom. The second-order valence-corrected chi connectivity index (χ2v) is 6.82. The average Bonchev–Trinajstić information content (AvgIpc) is 2.92. The van der Waals surface area contributed by atoms with Gasteiger partial charge in [-0.25, -0.2) is 17.9 Å². The van der Waals surface area contributed by atoms with Crippen LogP contribution in [-0.4, -0.2) is 34.1 Å². The quantitative estimate of drug-likeness (QED) is 0.786. The third-order valence-electron chi connectivity index (χ3n) is 3.85. The van der Waals surface area contributed by atoms with Gasteiger partial charge >= 0.3 is 5.97 Å². The molecule has 0 amide bonds. The SMILES string of the molecule is COC(=O)c1ccccc1S(=O)(=O)NC1CCCC1CN. The molecule has 116 valence electrons. The van der Waals surface area contributed by atoms with Gasteiger partial charge in [-0.2, -0.15) is 0 Å². The molecule has 1 aromatic rings.